The number of carbonyl (C=O) groups is 1. The first-order valence-electron chi connectivity index (χ1n) is 10.3. The Bertz CT molecular complexity index is 1250. The molecule has 4 aromatic rings. The number of nitrogens with zero attached hydrogens (tertiary/aromatic N) is 2. The van der Waals surface area contributed by atoms with Crippen LogP contribution in [0, 0.1) is 6.92 Å². The number of oxazole rings is 1. The number of ether oxygens (including phenoxy) is 2. The second kappa shape index (κ2) is 10.7. The normalized spacial score (nSPS) is 11.1. The Morgan fingerprint density at radius 3 is 2.76 bits per heavy atom. The minimum Gasteiger partial charge on any atom is -0.493 e. The Morgan fingerprint density at radius 2 is 1.94 bits per heavy atom. The van der Waals surface area contributed by atoms with E-state index < -0.39 is 0 Å². The third kappa shape index (κ3) is 5.93. The first-order valence-corrected chi connectivity index (χ1v) is 11.3. The summed E-state index contributed by atoms with van der Waals surface area (Å²) in [6, 6.07) is 21.0. The molecule has 4 rings (SSSR count). The Hall–Kier alpha value is -3.78. The Labute approximate surface area is 195 Å². The van der Waals surface area contributed by atoms with Gasteiger partial charge in [0.05, 0.1) is 19.1 Å². The van der Waals surface area contributed by atoms with Gasteiger partial charge in [-0.05, 0) is 53.9 Å². The standard InChI is InChI=1S/C25H23N3O4S/c1-17-7-3-4-8-19(17)15-31-22-12-11-18(13-23(22)30-2)14-26-28-24(29)16-33-25-27-20-9-5-6-10-21(20)32-25/h3-14H,15-16H2,1-2H3,(H,28,29)/b26-14+. The molecular weight excluding hydrogens is 438 g/mol. The highest BCUT2D eigenvalue weighted by Gasteiger charge is 2.09. The molecule has 1 amide bonds. The van der Waals surface area contributed by atoms with Crippen LogP contribution in [0.2, 0.25) is 0 Å². The van der Waals surface area contributed by atoms with Gasteiger partial charge in [0, 0.05) is 0 Å². The van der Waals surface area contributed by atoms with Crippen LogP contribution < -0.4 is 14.9 Å². The van der Waals surface area contributed by atoms with Gasteiger partial charge in [-0.3, -0.25) is 4.79 Å². The molecule has 0 atom stereocenters. The van der Waals surface area contributed by atoms with Crippen LogP contribution in [0.1, 0.15) is 16.7 Å². The lowest BCUT2D eigenvalue weighted by molar-refractivity contribution is -0.118. The van der Waals surface area contributed by atoms with Gasteiger partial charge in [0.25, 0.3) is 11.1 Å². The Kier molecular flexibility index (Phi) is 7.26. The van der Waals surface area contributed by atoms with E-state index in [0.29, 0.717) is 28.9 Å². The topological polar surface area (TPSA) is 86.0 Å². The molecule has 1 aromatic heterocycles. The number of rotatable bonds is 9. The van der Waals surface area contributed by atoms with Crippen molar-refractivity contribution in [3.63, 3.8) is 0 Å². The van der Waals surface area contributed by atoms with Crippen LogP contribution in [-0.4, -0.2) is 30.0 Å². The van der Waals surface area contributed by atoms with Gasteiger partial charge in [0.1, 0.15) is 12.1 Å². The van der Waals surface area contributed by atoms with Gasteiger partial charge in [-0.2, -0.15) is 5.10 Å². The van der Waals surface area contributed by atoms with Gasteiger partial charge in [0.15, 0.2) is 17.1 Å². The molecule has 1 heterocycles. The molecule has 0 fully saturated rings. The maximum atomic E-state index is 12.1. The molecule has 0 aliphatic rings. The van der Waals surface area contributed by atoms with Crippen molar-refractivity contribution >= 4 is 35.0 Å². The van der Waals surface area contributed by atoms with Crippen molar-refractivity contribution < 1.29 is 18.7 Å². The van der Waals surface area contributed by atoms with E-state index in [1.54, 1.807) is 19.4 Å². The van der Waals surface area contributed by atoms with E-state index in [1.165, 1.54) is 17.3 Å². The van der Waals surface area contributed by atoms with Crippen molar-refractivity contribution in [3.8, 4) is 11.5 Å². The van der Waals surface area contributed by atoms with Crippen LogP contribution in [0.25, 0.3) is 11.1 Å². The largest absolute Gasteiger partial charge is 0.493 e. The summed E-state index contributed by atoms with van der Waals surface area (Å²) in [7, 11) is 1.59. The number of para-hydroxylation sites is 2. The van der Waals surface area contributed by atoms with E-state index in [0.717, 1.165) is 16.6 Å². The fraction of sp³-hybridized carbons (Fsp3) is 0.160. The van der Waals surface area contributed by atoms with Crippen molar-refractivity contribution in [2.75, 3.05) is 12.9 Å². The van der Waals surface area contributed by atoms with Crippen molar-refractivity contribution in [3.05, 3.63) is 83.4 Å². The maximum Gasteiger partial charge on any atom is 0.257 e. The molecule has 8 heteroatoms. The number of aromatic nitrogens is 1. The highest BCUT2D eigenvalue weighted by atomic mass is 32.2. The van der Waals surface area contributed by atoms with Crippen LogP contribution >= 0.6 is 11.8 Å². The van der Waals surface area contributed by atoms with Crippen molar-refractivity contribution in [2.24, 2.45) is 5.10 Å². The molecule has 33 heavy (non-hydrogen) atoms. The number of aryl methyl sites for hydroxylation is 1. The van der Waals surface area contributed by atoms with Crippen LogP contribution in [0.3, 0.4) is 0 Å². The number of benzene rings is 3. The van der Waals surface area contributed by atoms with Gasteiger partial charge in [-0.25, -0.2) is 10.4 Å². The molecule has 7 nitrogen and oxygen atoms in total. The lowest BCUT2D eigenvalue weighted by atomic mass is 10.1. The predicted octanol–water partition coefficient (Wildman–Crippen LogP) is 4.97. The third-order valence-corrected chi connectivity index (χ3v) is 5.66. The summed E-state index contributed by atoms with van der Waals surface area (Å²) in [5.41, 5.74) is 7.02. The lowest BCUT2D eigenvalue weighted by Crippen LogP contribution is -2.19. The minimum atomic E-state index is -0.261. The van der Waals surface area contributed by atoms with Crippen LogP contribution in [0.15, 0.2) is 81.5 Å². The van der Waals surface area contributed by atoms with Crippen LogP contribution in [-0.2, 0) is 11.4 Å². The summed E-state index contributed by atoms with van der Waals surface area (Å²) in [6.45, 7) is 2.50. The molecule has 0 spiro atoms. The van der Waals surface area contributed by atoms with Gasteiger partial charge in [0.2, 0.25) is 0 Å². The monoisotopic (exact) mass is 461 g/mol. The summed E-state index contributed by atoms with van der Waals surface area (Å²) < 4.78 is 17.0. The maximum absolute atomic E-state index is 12.1. The van der Waals surface area contributed by atoms with Gasteiger partial charge in [-0.1, -0.05) is 48.2 Å². The average Bonchev–Trinajstić information content (AvgIpc) is 3.26. The number of hydrogen-bond acceptors (Lipinski definition) is 7. The minimum absolute atomic E-state index is 0.138. The number of hydrazone groups is 1. The second-order valence-corrected chi connectivity index (χ2v) is 8.08. The van der Waals surface area contributed by atoms with E-state index >= 15 is 0 Å². The van der Waals surface area contributed by atoms with Crippen LogP contribution in [0.4, 0.5) is 0 Å². The highest BCUT2D eigenvalue weighted by Crippen LogP contribution is 2.28. The molecule has 0 unspecified atom stereocenters. The molecule has 0 aliphatic heterocycles. The summed E-state index contributed by atoms with van der Waals surface area (Å²) in [6.07, 6.45) is 1.55. The molecular formula is C25H23N3O4S. The van der Waals surface area contributed by atoms with Gasteiger partial charge >= 0.3 is 0 Å². The summed E-state index contributed by atoms with van der Waals surface area (Å²) in [5, 5.41) is 4.47. The van der Waals surface area contributed by atoms with Gasteiger partial charge in [-0.15, -0.1) is 0 Å². The fourth-order valence-corrected chi connectivity index (χ4v) is 3.69. The number of methoxy groups -OCH3 is 1. The molecule has 168 valence electrons. The van der Waals surface area contributed by atoms with Crippen molar-refractivity contribution in [1.82, 2.24) is 10.4 Å². The lowest BCUT2D eigenvalue weighted by Gasteiger charge is -2.12. The van der Waals surface area contributed by atoms with Crippen molar-refractivity contribution in [1.29, 1.82) is 0 Å². The predicted molar refractivity (Wildman–Crippen MR) is 129 cm³/mol. The number of hydrogen-bond donors (Lipinski definition) is 1. The number of amides is 1. The van der Waals surface area contributed by atoms with Crippen molar-refractivity contribution in [2.45, 2.75) is 18.8 Å². The Balaban J connectivity index is 1.30. The van der Waals surface area contributed by atoms with E-state index in [2.05, 4.69) is 28.5 Å². The number of nitrogens with one attached hydrogen (secondary N) is 1. The zero-order chi connectivity index (χ0) is 23.0. The fourth-order valence-electron chi connectivity index (χ4n) is 3.06. The molecule has 0 aliphatic carbocycles. The van der Waals surface area contributed by atoms with E-state index in [4.69, 9.17) is 13.9 Å². The smallest absolute Gasteiger partial charge is 0.257 e. The number of thioether (sulfide) groups is 1. The number of fused-ring (bicyclic) bond motifs is 1. The Morgan fingerprint density at radius 1 is 1.12 bits per heavy atom. The molecule has 1 N–H and O–H groups in total. The highest BCUT2D eigenvalue weighted by molar-refractivity contribution is 7.99. The van der Waals surface area contributed by atoms with E-state index in [-0.39, 0.29) is 11.7 Å². The first-order chi connectivity index (χ1) is 16.1. The SMILES string of the molecule is COc1cc(/C=N/NC(=O)CSc2nc3ccccc3o2)ccc1OCc1ccccc1C. The zero-order valence-corrected chi connectivity index (χ0v) is 19.1. The molecule has 0 bridgehead atoms. The summed E-state index contributed by atoms with van der Waals surface area (Å²) in [4.78, 5) is 16.4. The second-order valence-electron chi connectivity index (χ2n) is 7.15. The van der Waals surface area contributed by atoms with E-state index in [9.17, 15) is 4.79 Å². The van der Waals surface area contributed by atoms with Gasteiger partial charge < -0.3 is 13.9 Å². The third-order valence-electron chi connectivity index (χ3n) is 4.84. The summed E-state index contributed by atoms with van der Waals surface area (Å²) >= 11 is 1.21. The molecule has 0 radical (unpaired) electrons. The quantitative estimate of drug-likeness (QED) is 0.215. The molecule has 0 saturated carbocycles. The first kappa shape index (κ1) is 22.4. The van der Waals surface area contributed by atoms with Crippen LogP contribution in [0.5, 0.6) is 11.5 Å². The molecule has 0 saturated heterocycles. The summed E-state index contributed by atoms with van der Waals surface area (Å²) in [5.74, 6) is 1.10. The zero-order valence-electron chi connectivity index (χ0n) is 18.3. The molecule has 3 aromatic carbocycles. The average molecular weight is 462 g/mol. The van der Waals surface area contributed by atoms with E-state index in [1.807, 2.05) is 54.6 Å². The number of carbonyl (C=O) groups excluding carboxylic acids is 1.